The summed E-state index contributed by atoms with van der Waals surface area (Å²) in [5, 5.41) is 0. The summed E-state index contributed by atoms with van der Waals surface area (Å²) in [6.45, 7) is 1.67. The van der Waals surface area contributed by atoms with Gasteiger partial charge >= 0.3 is 0 Å². The Morgan fingerprint density at radius 3 is 2.30 bits per heavy atom. The molecule has 0 aliphatic heterocycles. The number of hydrogen-bond acceptors (Lipinski definition) is 2. The molecule has 0 radical (unpaired) electrons. The minimum atomic E-state index is -2.03. The van der Waals surface area contributed by atoms with Gasteiger partial charge in [0.05, 0.1) is 12.7 Å². The Hall–Kier alpha value is -2.16. The highest BCUT2D eigenvalue weighted by molar-refractivity contribution is 6.05. The van der Waals surface area contributed by atoms with Crippen LogP contribution in [0.3, 0.4) is 0 Å². The molecule has 3 heteroatoms. The molecule has 20 heavy (non-hydrogen) atoms. The number of benzene rings is 2. The second-order valence-electron chi connectivity index (χ2n) is 4.55. The van der Waals surface area contributed by atoms with E-state index in [1.54, 1.807) is 61.5 Å². The molecular formula is C17H17FO2. The summed E-state index contributed by atoms with van der Waals surface area (Å²) in [5.74, 6) is -0.174. The van der Waals surface area contributed by atoms with Gasteiger partial charge in [0.2, 0.25) is 5.78 Å². The van der Waals surface area contributed by atoms with Crippen LogP contribution >= 0.6 is 0 Å². The third kappa shape index (κ3) is 2.44. The molecule has 0 spiro atoms. The lowest BCUT2D eigenvalue weighted by atomic mass is 9.85. The Morgan fingerprint density at radius 1 is 1.10 bits per heavy atom. The van der Waals surface area contributed by atoms with Crippen LogP contribution in [0.1, 0.15) is 29.3 Å². The van der Waals surface area contributed by atoms with Crippen LogP contribution in [0.15, 0.2) is 54.6 Å². The van der Waals surface area contributed by atoms with E-state index in [0.717, 1.165) is 0 Å². The molecule has 0 N–H and O–H groups in total. The molecule has 0 unspecified atom stereocenters. The highest BCUT2D eigenvalue weighted by Gasteiger charge is 2.40. The predicted octanol–water partition coefficient (Wildman–Crippen LogP) is 4.15. The molecule has 0 amide bonds. The summed E-state index contributed by atoms with van der Waals surface area (Å²) >= 11 is 0. The van der Waals surface area contributed by atoms with Crippen LogP contribution in [0.5, 0.6) is 5.75 Å². The molecule has 0 bridgehead atoms. The van der Waals surface area contributed by atoms with Crippen LogP contribution in [-0.4, -0.2) is 12.9 Å². The summed E-state index contributed by atoms with van der Waals surface area (Å²) in [6, 6.07) is 15.2. The highest BCUT2D eigenvalue weighted by Crippen LogP contribution is 2.35. The summed E-state index contributed by atoms with van der Waals surface area (Å²) in [5.41, 5.74) is -1.39. The predicted molar refractivity (Wildman–Crippen MR) is 76.8 cm³/mol. The van der Waals surface area contributed by atoms with Crippen molar-refractivity contribution in [2.75, 3.05) is 7.11 Å². The maximum Gasteiger partial charge on any atom is 0.208 e. The molecular weight excluding hydrogens is 255 g/mol. The van der Waals surface area contributed by atoms with E-state index in [-0.39, 0.29) is 12.0 Å². The van der Waals surface area contributed by atoms with Gasteiger partial charge in [0.25, 0.3) is 0 Å². The highest BCUT2D eigenvalue weighted by atomic mass is 19.1. The lowest BCUT2D eigenvalue weighted by Gasteiger charge is -2.23. The number of ether oxygens (including phenoxy) is 1. The minimum absolute atomic E-state index is 0.0773. The Balaban J connectivity index is 2.49. The van der Waals surface area contributed by atoms with Gasteiger partial charge in [-0.3, -0.25) is 4.79 Å². The van der Waals surface area contributed by atoms with Crippen LogP contribution < -0.4 is 4.74 Å². The van der Waals surface area contributed by atoms with Crippen molar-refractivity contribution < 1.29 is 13.9 Å². The van der Waals surface area contributed by atoms with Crippen molar-refractivity contribution in [2.45, 2.75) is 19.0 Å². The van der Waals surface area contributed by atoms with Crippen molar-refractivity contribution in [2.24, 2.45) is 0 Å². The van der Waals surface area contributed by atoms with Gasteiger partial charge < -0.3 is 4.74 Å². The van der Waals surface area contributed by atoms with Gasteiger partial charge in [-0.1, -0.05) is 49.4 Å². The monoisotopic (exact) mass is 272 g/mol. The lowest BCUT2D eigenvalue weighted by molar-refractivity contribution is 0.0663. The normalized spacial score (nSPS) is 13.6. The molecule has 2 rings (SSSR count). The van der Waals surface area contributed by atoms with Crippen LogP contribution in [0.25, 0.3) is 0 Å². The number of para-hydroxylation sites is 1. The largest absolute Gasteiger partial charge is 0.496 e. The Morgan fingerprint density at radius 2 is 1.70 bits per heavy atom. The second kappa shape index (κ2) is 5.87. The zero-order valence-electron chi connectivity index (χ0n) is 11.6. The lowest BCUT2D eigenvalue weighted by Crippen LogP contribution is -2.30. The van der Waals surface area contributed by atoms with Crippen LogP contribution in [-0.2, 0) is 5.67 Å². The molecule has 0 aliphatic carbocycles. The first kappa shape index (κ1) is 14.3. The van der Waals surface area contributed by atoms with E-state index in [4.69, 9.17) is 4.74 Å². The molecule has 0 heterocycles. The molecule has 104 valence electrons. The maximum atomic E-state index is 15.2. The first-order valence-electron chi connectivity index (χ1n) is 6.55. The Labute approximate surface area is 118 Å². The first-order valence-corrected chi connectivity index (χ1v) is 6.55. The molecule has 1 atom stereocenters. The molecule has 0 saturated carbocycles. The third-order valence-corrected chi connectivity index (χ3v) is 3.43. The number of Topliss-reactive ketones (excluding diaryl/α,β-unsaturated/α-hetero) is 1. The number of carbonyl (C=O) groups excluding carboxylic acids is 1. The summed E-state index contributed by atoms with van der Waals surface area (Å²) in [4.78, 5) is 12.6. The number of hydrogen-bond donors (Lipinski definition) is 0. The zero-order chi connectivity index (χ0) is 14.6. The maximum absolute atomic E-state index is 15.2. The number of ketones is 1. The molecule has 2 nitrogen and oxygen atoms in total. The van der Waals surface area contributed by atoms with E-state index in [1.165, 1.54) is 7.11 Å². The van der Waals surface area contributed by atoms with Crippen LogP contribution in [0.2, 0.25) is 0 Å². The van der Waals surface area contributed by atoms with E-state index < -0.39 is 11.5 Å². The first-order chi connectivity index (χ1) is 9.63. The van der Waals surface area contributed by atoms with Gasteiger partial charge in [-0.25, -0.2) is 4.39 Å². The number of rotatable bonds is 5. The molecule has 2 aromatic carbocycles. The molecule has 0 aromatic heterocycles. The van der Waals surface area contributed by atoms with E-state index in [0.29, 0.717) is 11.3 Å². The Bertz CT molecular complexity index is 595. The van der Waals surface area contributed by atoms with Gasteiger partial charge in [0.15, 0.2) is 5.67 Å². The number of carbonyl (C=O) groups is 1. The molecule has 0 saturated heterocycles. The van der Waals surface area contributed by atoms with Crippen molar-refractivity contribution in [3.05, 3.63) is 65.7 Å². The summed E-state index contributed by atoms with van der Waals surface area (Å²) < 4.78 is 20.4. The third-order valence-electron chi connectivity index (χ3n) is 3.43. The van der Waals surface area contributed by atoms with Crippen LogP contribution in [0, 0.1) is 0 Å². The van der Waals surface area contributed by atoms with Gasteiger partial charge in [0.1, 0.15) is 5.75 Å². The van der Waals surface area contributed by atoms with E-state index in [2.05, 4.69) is 0 Å². The fraction of sp³-hybridized carbons (Fsp3) is 0.235. The topological polar surface area (TPSA) is 26.3 Å². The van der Waals surface area contributed by atoms with Crippen molar-refractivity contribution in [3.63, 3.8) is 0 Å². The number of methoxy groups -OCH3 is 1. The van der Waals surface area contributed by atoms with Crippen molar-refractivity contribution >= 4 is 5.78 Å². The Kier molecular flexibility index (Phi) is 4.18. The smallest absolute Gasteiger partial charge is 0.208 e. The average Bonchev–Trinajstić information content (AvgIpc) is 2.54. The standard InChI is InChI=1S/C17H17FO2/c1-3-17(18,13-9-5-4-6-10-13)16(19)14-11-7-8-12-15(14)20-2/h4-12H,3H2,1-2H3/t17-/m1/s1. The number of halogens is 1. The number of alkyl halides is 1. The average molecular weight is 272 g/mol. The van der Waals surface area contributed by atoms with Gasteiger partial charge in [-0.2, -0.15) is 0 Å². The van der Waals surface area contributed by atoms with Crippen molar-refractivity contribution in [3.8, 4) is 5.75 Å². The van der Waals surface area contributed by atoms with Crippen molar-refractivity contribution in [1.29, 1.82) is 0 Å². The minimum Gasteiger partial charge on any atom is -0.496 e. The zero-order valence-corrected chi connectivity index (χ0v) is 11.6. The fourth-order valence-electron chi connectivity index (χ4n) is 2.24. The van der Waals surface area contributed by atoms with Gasteiger partial charge in [-0.05, 0) is 24.1 Å². The summed E-state index contributed by atoms with van der Waals surface area (Å²) in [6.07, 6.45) is 0.0773. The van der Waals surface area contributed by atoms with Gasteiger partial charge in [-0.15, -0.1) is 0 Å². The SMILES string of the molecule is CC[C@](F)(C(=O)c1ccccc1OC)c1ccccc1. The molecule has 2 aromatic rings. The fourth-order valence-corrected chi connectivity index (χ4v) is 2.24. The summed E-state index contributed by atoms with van der Waals surface area (Å²) in [7, 11) is 1.47. The van der Waals surface area contributed by atoms with E-state index in [1.807, 2.05) is 0 Å². The van der Waals surface area contributed by atoms with E-state index >= 15 is 4.39 Å². The van der Waals surface area contributed by atoms with Gasteiger partial charge in [0, 0.05) is 0 Å². The van der Waals surface area contributed by atoms with Crippen LogP contribution in [0.4, 0.5) is 4.39 Å². The molecule has 0 fully saturated rings. The molecule has 0 aliphatic rings. The second-order valence-corrected chi connectivity index (χ2v) is 4.55. The van der Waals surface area contributed by atoms with E-state index in [9.17, 15) is 4.79 Å². The quantitative estimate of drug-likeness (QED) is 0.764. The van der Waals surface area contributed by atoms with Crippen molar-refractivity contribution in [1.82, 2.24) is 0 Å².